The van der Waals surface area contributed by atoms with Crippen LogP contribution in [0, 0.1) is 23.7 Å². The molecular formula is C53H44S. The highest BCUT2D eigenvalue weighted by Gasteiger charge is 2.61. The van der Waals surface area contributed by atoms with Crippen LogP contribution in [-0.2, 0) is 11.8 Å². The van der Waals surface area contributed by atoms with Crippen molar-refractivity contribution in [2.75, 3.05) is 0 Å². The predicted molar refractivity (Wildman–Crippen MR) is 229 cm³/mol. The Bertz CT molecular complexity index is 2720. The minimum Gasteiger partial charge on any atom is -0.135 e. The Balaban J connectivity index is 0.922. The Morgan fingerprint density at radius 1 is 0.500 bits per heavy atom. The van der Waals surface area contributed by atoms with E-state index in [0.29, 0.717) is 5.92 Å². The highest BCUT2D eigenvalue weighted by Crippen LogP contribution is 2.69. The molecule has 0 amide bonds. The van der Waals surface area contributed by atoms with E-state index in [2.05, 4.69) is 152 Å². The molecule has 4 bridgehead atoms. The number of aryl methyl sites for hydroxylation is 1. The van der Waals surface area contributed by atoms with Crippen molar-refractivity contribution in [2.24, 2.45) is 23.7 Å². The molecule has 1 heterocycles. The van der Waals surface area contributed by atoms with E-state index < -0.39 is 0 Å². The fraction of sp³-hybridized carbons (Fsp3) is 0.245. The van der Waals surface area contributed by atoms with Crippen LogP contribution in [0.5, 0.6) is 0 Å². The van der Waals surface area contributed by atoms with Crippen molar-refractivity contribution < 1.29 is 0 Å². The third kappa shape index (κ3) is 4.67. The number of rotatable bonds is 6. The zero-order valence-electron chi connectivity index (χ0n) is 30.7. The maximum Gasteiger partial charge on any atom is 0.0358 e. The summed E-state index contributed by atoms with van der Waals surface area (Å²) >= 11 is 1.93. The zero-order valence-corrected chi connectivity index (χ0v) is 31.5. The molecule has 5 aliphatic rings. The van der Waals surface area contributed by atoms with E-state index in [1.807, 2.05) is 11.3 Å². The number of fused-ring (bicyclic) bond motifs is 7. The second-order valence-corrected chi connectivity index (χ2v) is 18.3. The number of benzene rings is 7. The highest BCUT2D eigenvalue weighted by molar-refractivity contribution is 7.25. The van der Waals surface area contributed by atoms with Crippen LogP contribution >= 0.6 is 11.3 Å². The molecule has 4 saturated carbocycles. The van der Waals surface area contributed by atoms with E-state index in [-0.39, 0.29) is 5.41 Å². The van der Waals surface area contributed by atoms with E-state index >= 15 is 0 Å². The SMILES string of the molecule is c1ccc2c(c1)-c1ccc(CCC(c3ccc(-c4ccc5ccccc5c4)cc3)c3ccc4c(c3)sc3ccccc34)cc1C21C2CC3CC(C2)CC1C3. The van der Waals surface area contributed by atoms with Crippen molar-refractivity contribution in [3.63, 3.8) is 0 Å². The summed E-state index contributed by atoms with van der Waals surface area (Å²) < 4.78 is 2.77. The fourth-order valence-corrected chi connectivity index (χ4v) is 13.6. The Morgan fingerprint density at radius 3 is 2.04 bits per heavy atom. The molecule has 1 aromatic heterocycles. The van der Waals surface area contributed by atoms with E-state index in [4.69, 9.17) is 0 Å². The molecule has 7 aromatic carbocycles. The molecule has 5 aliphatic carbocycles. The van der Waals surface area contributed by atoms with Crippen LogP contribution in [0.15, 0.2) is 152 Å². The van der Waals surface area contributed by atoms with Gasteiger partial charge in [0.1, 0.15) is 0 Å². The normalized spacial score (nSPS) is 24.1. The van der Waals surface area contributed by atoms with E-state index in [1.165, 1.54) is 102 Å². The summed E-state index contributed by atoms with van der Waals surface area (Å²) in [4.78, 5) is 0. The standard InChI is InChI=1S/C53H44S/c1-2-8-39-31-40(20-17-36(39)7-1)37-15-18-38(19-16-37)44(41-21-24-48-47-10-4-6-12-51(47)54-52(48)32-41)22-13-33-14-23-46-45-9-3-5-11-49(45)53(50(46)30-33)42-26-34-25-35(28-42)29-43(53)27-34/h1-12,14-21,23-24,30-32,34-35,42-44H,13,22,25-29H2. The van der Waals surface area contributed by atoms with Gasteiger partial charge < -0.3 is 0 Å². The van der Waals surface area contributed by atoms with Gasteiger partial charge in [0.05, 0.1) is 0 Å². The van der Waals surface area contributed by atoms with Crippen molar-refractivity contribution in [3.8, 4) is 22.3 Å². The fourth-order valence-electron chi connectivity index (χ4n) is 12.4. The van der Waals surface area contributed by atoms with Crippen molar-refractivity contribution in [2.45, 2.75) is 56.3 Å². The molecule has 1 atom stereocenters. The molecule has 0 nitrogen and oxygen atoms in total. The maximum atomic E-state index is 2.70. The van der Waals surface area contributed by atoms with Crippen molar-refractivity contribution in [1.82, 2.24) is 0 Å². The van der Waals surface area contributed by atoms with Gasteiger partial charge in [0.2, 0.25) is 0 Å². The summed E-state index contributed by atoms with van der Waals surface area (Å²) in [5, 5.41) is 5.34. The van der Waals surface area contributed by atoms with Crippen LogP contribution < -0.4 is 0 Å². The largest absolute Gasteiger partial charge is 0.135 e. The molecule has 1 spiro atoms. The first-order chi connectivity index (χ1) is 26.7. The lowest BCUT2D eigenvalue weighted by molar-refractivity contribution is -0.0399. The summed E-state index contributed by atoms with van der Waals surface area (Å²) in [5.74, 6) is 3.83. The molecule has 1 heteroatoms. The lowest BCUT2D eigenvalue weighted by Crippen LogP contribution is -2.55. The summed E-state index contributed by atoms with van der Waals surface area (Å²) in [6, 6.07) is 58.5. The molecule has 13 rings (SSSR count). The van der Waals surface area contributed by atoms with Gasteiger partial charge >= 0.3 is 0 Å². The molecule has 8 aromatic rings. The molecule has 0 aliphatic heterocycles. The van der Waals surface area contributed by atoms with Gasteiger partial charge in [0.15, 0.2) is 0 Å². The lowest BCUT2D eigenvalue weighted by Gasteiger charge is -2.61. The molecule has 0 saturated heterocycles. The average molecular weight is 713 g/mol. The van der Waals surface area contributed by atoms with Gasteiger partial charge in [-0.25, -0.2) is 0 Å². The van der Waals surface area contributed by atoms with E-state index in [1.54, 1.807) is 11.1 Å². The van der Waals surface area contributed by atoms with Crippen molar-refractivity contribution in [3.05, 3.63) is 179 Å². The minimum absolute atomic E-state index is 0.222. The first-order valence-corrected chi connectivity index (χ1v) is 21.2. The summed E-state index contributed by atoms with van der Waals surface area (Å²) in [6.07, 6.45) is 9.38. The van der Waals surface area contributed by atoms with Crippen LogP contribution in [0.2, 0.25) is 0 Å². The number of hydrogen-bond donors (Lipinski definition) is 0. The third-order valence-electron chi connectivity index (χ3n) is 14.5. The quantitative estimate of drug-likeness (QED) is 0.161. The lowest BCUT2D eigenvalue weighted by atomic mass is 9.43. The van der Waals surface area contributed by atoms with Crippen LogP contribution in [0.1, 0.15) is 72.3 Å². The smallest absolute Gasteiger partial charge is 0.0358 e. The van der Waals surface area contributed by atoms with E-state index in [0.717, 1.165) is 36.5 Å². The van der Waals surface area contributed by atoms with Crippen LogP contribution in [0.4, 0.5) is 0 Å². The second kappa shape index (κ2) is 12.0. The van der Waals surface area contributed by atoms with E-state index in [9.17, 15) is 0 Å². The van der Waals surface area contributed by atoms with Gasteiger partial charge in [-0.2, -0.15) is 0 Å². The zero-order chi connectivity index (χ0) is 35.4. The minimum atomic E-state index is 0.222. The van der Waals surface area contributed by atoms with Crippen molar-refractivity contribution >= 4 is 42.3 Å². The molecule has 4 fully saturated rings. The molecule has 0 N–H and O–H groups in total. The molecule has 1 unspecified atom stereocenters. The molecule has 0 radical (unpaired) electrons. The third-order valence-corrected chi connectivity index (χ3v) is 15.7. The summed E-state index contributed by atoms with van der Waals surface area (Å²) in [6.45, 7) is 0. The van der Waals surface area contributed by atoms with Gasteiger partial charge in [0, 0.05) is 31.5 Å². The van der Waals surface area contributed by atoms with Crippen LogP contribution in [0.25, 0.3) is 53.2 Å². The number of thiophene rings is 1. The Kier molecular flexibility index (Phi) is 6.98. The molecule has 262 valence electrons. The molecule has 54 heavy (non-hydrogen) atoms. The first kappa shape index (κ1) is 31.4. The highest BCUT2D eigenvalue weighted by atomic mass is 32.1. The predicted octanol–water partition coefficient (Wildman–Crippen LogP) is 14.4. The maximum absolute atomic E-state index is 2.70. The number of hydrogen-bond acceptors (Lipinski definition) is 1. The Morgan fingerprint density at radius 2 is 1.19 bits per heavy atom. The van der Waals surface area contributed by atoms with Gasteiger partial charge in [-0.05, 0) is 148 Å². The van der Waals surface area contributed by atoms with Gasteiger partial charge in [-0.1, -0.05) is 133 Å². The summed E-state index contributed by atoms with van der Waals surface area (Å²) in [7, 11) is 0. The monoisotopic (exact) mass is 712 g/mol. The first-order valence-electron chi connectivity index (χ1n) is 20.4. The summed E-state index contributed by atoms with van der Waals surface area (Å²) in [5.41, 5.74) is 13.5. The molecular weight excluding hydrogens is 669 g/mol. The Labute approximate surface area is 322 Å². The second-order valence-electron chi connectivity index (χ2n) is 17.2. The van der Waals surface area contributed by atoms with Crippen molar-refractivity contribution in [1.29, 1.82) is 0 Å². The Hall–Kier alpha value is -4.98. The van der Waals surface area contributed by atoms with Gasteiger partial charge in [-0.15, -0.1) is 11.3 Å². The average Bonchev–Trinajstić information content (AvgIpc) is 3.73. The van der Waals surface area contributed by atoms with Gasteiger partial charge in [0.25, 0.3) is 0 Å². The van der Waals surface area contributed by atoms with Crippen LogP contribution in [-0.4, -0.2) is 0 Å². The van der Waals surface area contributed by atoms with Crippen LogP contribution in [0.3, 0.4) is 0 Å². The topological polar surface area (TPSA) is 0 Å². The van der Waals surface area contributed by atoms with Gasteiger partial charge in [-0.3, -0.25) is 0 Å².